The Morgan fingerprint density at radius 3 is 2.65 bits per heavy atom. The van der Waals surface area contributed by atoms with E-state index in [9.17, 15) is 14.3 Å². The number of ether oxygens (including phenoxy) is 2. The zero-order chi connectivity index (χ0) is 29.9. The second-order valence-corrected chi connectivity index (χ2v) is 10.3. The van der Waals surface area contributed by atoms with Crippen LogP contribution in [0.25, 0.3) is 22.3 Å². The fourth-order valence-corrected chi connectivity index (χ4v) is 5.07. The summed E-state index contributed by atoms with van der Waals surface area (Å²) < 4.78 is 42.9. The molecule has 1 atom stereocenters. The Balaban J connectivity index is 1.22. The number of pyridine rings is 1. The number of nitriles is 1. The fourth-order valence-electron chi connectivity index (χ4n) is 5.07. The van der Waals surface area contributed by atoms with Crippen LogP contribution in [0.3, 0.4) is 0 Å². The summed E-state index contributed by atoms with van der Waals surface area (Å²) in [4.78, 5) is 20.7. The minimum Gasteiger partial charge on any atom is -0.478 e. The van der Waals surface area contributed by atoms with Gasteiger partial charge in [-0.25, -0.2) is 23.5 Å². The van der Waals surface area contributed by atoms with E-state index in [-0.39, 0.29) is 40.8 Å². The predicted octanol–water partition coefficient (Wildman–Crippen LogP) is 6.30. The fraction of sp³-hybridized carbons (Fsp3) is 0.212. The highest BCUT2D eigenvalue weighted by Gasteiger charge is 2.21. The largest absolute Gasteiger partial charge is 0.478 e. The number of hydrogen-bond acceptors (Lipinski definition) is 6. The van der Waals surface area contributed by atoms with Crippen LogP contribution in [0.4, 0.5) is 8.78 Å². The van der Waals surface area contributed by atoms with Gasteiger partial charge in [0.15, 0.2) is 0 Å². The van der Waals surface area contributed by atoms with Crippen molar-refractivity contribution >= 4 is 17.0 Å². The number of aryl methyl sites for hydroxylation is 1. The lowest BCUT2D eigenvalue weighted by atomic mass is 10.0. The van der Waals surface area contributed by atoms with E-state index in [4.69, 9.17) is 19.7 Å². The summed E-state index contributed by atoms with van der Waals surface area (Å²) in [6, 6.07) is 20.7. The third-order valence-corrected chi connectivity index (χ3v) is 7.50. The first-order valence-electron chi connectivity index (χ1n) is 13.8. The number of hydrogen-bond donors (Lipinski definition) is 1. The molecule has 0 amide bonds. The average molecular weight is 581 g/mol. The van der Waals surface area contributed by atoms with Crippen molar-refractivity contribution < 1.29 is 28.2 Å². The van der Waals surface area contributed by atoms with E-state index < -0.39 is 17.6 Å². The molecule has 10 heteroatoms. The van der Waals surface area contributed by atoms with Gasteiger partial charge in [-0.15, -0.1) is 0 Å². The highest BCUT2D eigenvalue weighted by Crippen LogP contribution is 2.27. The average Bonchev–Trinajstić information content (AvgIpc) is 3.31. The Labute approximate surface area is 245 Å². The SMILES string of the molecule is N#Cc1ccc(COc2cccc(-c3ccc(Cc4nc5ccc(C(=O)O)cc5n4CC[C@@H]4CCO4)cc3F)n2)c(F)c1. The number of halogens is 2. The molecule has 0 bridgehead atoms. The summed E-state index contributed by atoms with van der Waals surface area (Å²) in [5.41, 5.74) is 3.38. The van der Waals surface area contributed by atoms with Gasteiger partial charge in [-0.1, -0.05) is 18.2 Å². The molecule has 1 aliphatic heterocycles. The summed E-state index contributed by atoms with van der Waals surface area (Å²) in [6.45, 7) is 1.25. The van der Waals surface area contributed by atoms with E-state index in [1.807, 2.05) is 10.6 Å². The molecule has 2 aromatic heterocycles. The van der Waals surface area contributed by atoms with Gasteiger partial charge in [0.2, 0.25) is 5.88 Å². The summed E-state index contributed by atoms with van der Waals surface area (Å²) in [6.07, 6.45) is 2.26. The van der Waals surface area contributed by atoms with Gasteiger partial charge >= 0.3 is 5.97 Å². The molecule has 0 spiro atoms. The molecular formula is C33H26F2N4O4. The van der Waals surface area contributed by atoms with Gasteiger partial charge in [0.25, 0.3) is 0 Å². The number of imidazole rings is 1. The lowest BCUT2D eigenvalue weighted by Gasteiger charge is -2.26. The van der Waals surface area contributed by atoms with Crippen molar-refractivity contribution in [1.29, 1.82) is 5.26 Å². The second kappa shape index (κ2) is 12.0. The van der Waals surface area contributed by atoms with Crippen molar-refractivity contribution in [1.82, 2.24) is 14.5 Å². The van der Waals surface area contributed by atoms with Crippen LogP contribution in [0.5, 0.6) is 5.88 Å². The molecule has 1 aliphatic rings. The monoisotopic (exact) mass is 580 g/mol. The molecule has 8 nitrogen and oxygen atoms in total. The van der Waals surface area contributed by atoms with Crippen LogP contribution in [0.2, 0.25) is 0 Å². The second-order valence-electron chi connectivity index (χ2n) is 10.3. The number of carbonyl (C=O) groups is 1. The van der Waals surface area contributed by atoms with E-state index in [2.05, 4.69) is 4.98 Å². The van der Waals surface area contributed by atoms with Crippen LogP contribution in [-0.2, 0) is 24.3 Å². The minimum atomic E-state index is -1.01. The van der Waals surface area contributed by atoms with Crippen LogP contribution in [-0.4, -0.2) is 38.3 Å². The standard InChI is InChI=1S/C33H26F2N4O4/c34-26-15-21(18-36)4-6-23(26)19-43-32-3-1-2-28(38-32)25-8-5-20(14-27(25)35)16-31-37-29-9-7-22(33(40)41)17-30(29)39(31)12-10-24-11-13-42-24/h1-9,14-15,17,24H,10-13,16,19H2,(H,40,41)/t24-/m1/s1. The third kappa shape index (κ3) is 6.08. The van der Waals surface area contributed by atoms with Crippen LogP contribution in [0, 0.1) is 23.0 Å². The first-order chi connectivity index (χ1) is 20.9. The number of aromatic carboxylic acids is 1. The van der Waals surface area contributed by atoms with Crippen molar-refractivity contribution in [3.05, 3.63) is 113 Å². The number of aromatic nitrogens is 3. The molecule has 43 heavy (non-hydrogen) atoms. The molecule has 1 saturated heterocycles. The molecule has 1 N–H and O–H groups in total. The number of rotatable bonds is 10. The minimum absolute atomic E-state index is 0.1000. The summed E-state index contributed by atoms with van der Waals surface area (Å²) in [5, 5.41) is 18.4. The molecule has 1 fully saturated rings. The number of fused-ring (bicyclic) bond motifs is 1. The van der Waals surface area contributed by atoms with Crippen LogP contribution in [0.1, 0.15) is 45.7 Å². The summed E-state index contributed by atoms with van der Waals surface area (Å²) in [7, 11) is 0. The topological polar surface area (TPSA) is 110 Å². The molecule has 3 aromatic carbocycles. The zero-order valence-electron chi connectivity index (χ0n) is 23.0. The number of carboxylic acids is 1. The lowest BCUT2D eigenvalue weighted by Crippen LogP contribution is -2.28. The maximum absolute atomic E-state index is 15.4. The van der Waals surface area contributed by atoms with Gasteiger partial charge in [-0.05, 0) is 66.9 Å². The Kier molecular flexibility index (Phi) is 7.81. The first kappa shape index (κ1) is 28.0. The summed E-state index contributed by atoms with van der Waals surface area (Å²) >= 11 is 0. The lowest BCUT2D eigenvalue weighted by molar-refractivity contribution is -0.0563. The first-order valence-corrected chi connectivity index (χ1v) is 13.8. The van der Waals surface area contributed by atoms with Crippen molar-refractivity contribution in [3.8, 4) is 23.2 Å². The number of nitrogens with zero attached hydrogens (tertiary/aromatic N) is 4. The molecule has 6 rings (SSSR count). The van der Waals surface area contributed by atoms with Gasteiger partial charge in [0.1, 0.15) is 24.1 Å². The van der Waals surface area contributed by atoms with Gasteiger partial charge < -0.3 is 19.1 Å². The molecule has 0 saturated carbocycles. The van der Waals surface area contributed by atoms with Crippen LogP contribution < -0.4 is 4.74 Å². The van der Waals surface area contributed by atoms with Crippen LogP contribution in [0.15, 0.2) is 72.8 Å². The van der Waals surface area contributed by atoms with Gasteiger partial charge in [0, 0.05) is 36.8 Å². The molecule has 0 aliphatic carbocycles. The Hall–Kier alpha value is -5.14. The van der Waals surface area contributed by atoms with Crippen molar-refractivity contribution in [3.63, 3.8) is 0 Å². The van der Waals surface area contributed by atoms with Crippen molar-refractivity contribution in [2.24, 2.45) is 0 Å². The highest BCUT2D eigenvalue weighted by atomic mass is 19.1. The Bertz CT molecular complexity index is 1880. The van der Waals surface area contributed by atoms with Crippen molar-refractivity contribution in [2.75, 3.05) is 6.61 Å². The summed E-state index contributed by atoms with van der Waals surface area (Å²) in [5.74, 6) is -1.13. The molecule has 0 unspecified atom stereocenters. The van der Waals surface area contributed by atoms with E-state index in [0.29, 0.717) is 41.1 Å². The van der Waals surface area contributed by atoms with E-state index in [1.165, 1.54) is 24.3 Å². The molecular weight excluding hydrogens is 554 g/mol. The number of benzene rings is 3. The van der Waals surface area contributed by atoms with Crippen molar-refractivity contribution in [2.45, 2.75) is 38.5 Å². The highest BCUT2D eigenvalue weighted by molar-refractivity contribution is 5.92. The molecule has 5 aromatic rings. The zero-order valence-corrected chi connectivity index (χ0v) is 23.0. The quantitative estimate of drug-likeness (QED) is 0.207. The Morgan fingerprint density at radius 2 is 1.93 bits per heavy atom. The van der Waals surface area contributed by atoms with Gasteiger partial charge in [-0.2, -0.15) is 5.26 Å². The molecule has 216 valence electrons. The van der Waals surface area contributed by atoms with E-state index in [0.717, 1.165) is 25.5 Å². The van der Waals surface area contributed by atoms with Gasteiger partial charge in [0.05, 0.1) is 40.0 Å². The predicted molar refractivity (Wildman–Crippen MR) is 154 cm³/mol. The Morgan fingerprint density at radius 1 is 1.07 bits per heavy atom. The number of carboxylic acid groups (broad SMARTS) is 1. The van der Waals surface area contributed by atoms with Gasteiger partial charge in [-0.3, -0.25) is 0 Å². The molecule has 3 heterocycles. The maximum Gasteiger partial charge on any atom is 0.335 e. The van der Waals surface area contributed by atoms with E-state index in [1.54, 1.807) is 42.5 Å². The normalized spacial score (nSPS) is 14.3. The van der Waals surface area contributed by atoms with Crippen LogP contribution >= 0.6 is 0 Å². The smallest absolute Gasteiger partial charge is 0.335 e. The molecule has 0 radical (unpaired) electrons. The third-order valence-electron chi connectivity index (χ3n) is 7.50. The van der Waals surface area contributed by atoms with E-state index >= 15 is 4.39 Å². The maximum atomic E-state index is 15.4.